The first-order valence-corrected chi connectivity index (χ1v) is 15.6. The van der Waals surface area contributed by atoms with Gasteiger partial charge in [0.2, 0.25) is 0 Å². The maximum Gasteiger partial charge on any atom is 0.393 e. The monoisotopic (exact) mass is 615 g/mol. The SMILES string of the molecule is COc1cc(-c2n[nH]c(-c3nc(C)c(N4CC5(C4)CN(C4CCN(C(C)C)CC4)C5)s3)c2CC(F)(F)F)cn2ncnc12. The van der Waals surface area contributed by atoms with E-state index in [9.17, 15) is 13.2 Å². The van der Waals surface area contributed by atoms with Crippen LogP contribution >= 0.6 is 11.3 Å². The van der Waals surface area contributed by atoms with Gasteiger partial charge in [-0.1, -0.05) is 11.3 Å². The van der Waals surface area contributed by atoms with Gasteiger partial charge in [0.1, 0.15) is 16.3 Å². The second-order valence-corrected chi connectivity index (χ2v) is 13.6. The third-order valence-electron chi connectivity index (χ3n) is 9.23. The van der Waals surface area contributed by atoms with E-state index in [0.29, 0.717) is 45.2 Å². The van der Waals surface area contributed by atoms with E-state index in [4.69, 9.17) is 9.72 Å². The second kappa shape index (κ2) is 10.4. The summed E-state index contributed by atoms with van der Waals surface area (Å²) in [7, 11) is 1.48. The first-order valence-electron chi connectivity index (χ1n) is 14.7. The highest BCUT2D eigenvalue weighted by atomic mass is 32.1. The van der Waals surface area contributed by atoms with Crippen LogP contribution in [-0.4, -0.2) is 104 Å². The van der Waals surface area contributed by atoms with Crippen LogP contribution in [0, 0.1) is 12.3 Å². The molecular weight excluding hydrogens is 579 g/mol. The van der Waals surface area contributed by atoms with Crippen LogP contribution in [0.1, 0.15) is 37.9 Å². The number of hydrogen-bond donors (Lipinski definition) is 1. The van der Waals surface area contributed by atoms with Crippen molar-refractivity contribution >= 4 is 22.0 Å². The zero-order chi connectivity index (χ0) is 30.1. The fraction of sp³-hybridized carbons (Fsp3) is 0.586. The Balaban J connectivity index is 1.09. The second-order valence-electron chi connectivity index (χ2n) is 12.6. The molecule has 0 amide bonds. The summed E-state index contributed by atoms with van der Waals surface area (Å²) in [6, 6.07) is 2.93. The zero-order valence-electron chi connectivity index (χ0n) is 24.8. The molecule has 43 heavy (non-hydrogen) atoms. The fourth-order valence-corrected chi connectivity index (χ4v) is 8.15. The van der Waals surface area contributed by atoms with Gasteiger partial charge in [-0.2, -0.15) is 23.4 Å². The molecule has 1 N–H and O–H groups in total. The average molecular weight is 616 g/mol. The van der Waals surface area contributed by atoms with E-state index < -0.39 is 12.6 Å². The lowest BCUT2D eigenvalue weighted by molar-refractivity contribution is -0.127. The number of rotatable bonds is 7. The number of aromatic amines is 1. The van der Waals surface area contributed by atoms with E-state index in [2.05, 4.69) is 48.8 Å². The molecule has 3 saturated heterocycles. The van der Waals surface area contributed by atoms with Gasteiger partial charge in [-0.25, -0.2) is 14.5 Å². The summed E-state index contributed by atoms with van der Waals surface area (Å²) in [5.74, 6) is 0.396. The Labute approximate surface area is 251 Å². The molecule has 7 heterocycles. The summed E-state index contributed by atoms with van der Waals surface area (Å²) >= 11 is 1.43. The Morgan fingerprint density at radius 2 is 1.91 bits per heavy atom. The molecule has 0 aromatic carbocycles. The molecule has 0 aliphatic carbocycles. The number of pyridine rings is 1. The van der Waals surface area contributed by atoms with Gasteiger partial charge in [0, 0.05) is 61.0 Å². The van der Waals surface area contributed by atoms with Crippen molar-refractivity contribution < 1.29 is 17.9 Å². The van der Waals surface area contributed by atoms with E-state index in [1.165, 1.54) is 55.2 Å². The largest absolute Gasteiger partial charge is 0.493 e. The van der Waals surface area contributed by atoms with Crippen LogP contribution in [0.5, 0.6) is 5.75 Å². The minimum atomic E-state index is -4.44. The Hall–Kier alpha value is -3.23. The number of hydrogen-bond acceptors (Lipinski definition) is 9. The summed E-state index contributed by atoms with van der Waals surface area (Å²) in [5.41, 5.74) is 2.58. The topological polar surface area (TPSA) is 90.7 Å². The van der Waals surface area contributed by atoms with Crippen molar-refractivity contribution in [3.05, 3.63) is 29.8 Å². The van der Waals surface area contributed by atoms with Gasteiger partial charge in [0.25, 0.3) is 0 Å². The number of aryl methyl sites for hydroxylation is 1. The number of alkyl halides is 3. The number of fused-ring (bicyclic) bond motifs is 1. The minimum absolute atomic E-state index is 0.0487. The Morgan fingerprint density at radius 3 is 2.58 bits per heavy atom. The number of anilines is 1. The van der Waals surface area contributed by atoms with Gasteiger partial charge in [0.15, 0.2) is 11.4 Å². The van der Waals surface area contributed by atoms with Gasteiger partial charge >= 0.3 is 6.18 Å². The highest BCUT2D eigenvalue weighted by Gasteiger charge is 2.54. The number of methoxy groups -OCH3 is 1. The molecule has 230 valence electrons. The molecule has 3 fully saturated rings. The maximum absolute atomic E-state index is 13.9. The summed E-state index contributed by atoms with van der Waals surface area (Å²) in [4.78, 5) is 16.4. The number of halogens is 3. The molecule has 10 nitrogen and oxygen atoms in total. The van der Waals surface area contributed by atoms with E-state index in [1.807, 2.05) is 6.92 Å². The lowest BCUT2D eigenvalue weighted by Gasteiger charge is -2.63. The smallest absolute Gasteiger partial charge is 0.393 e. The first kappa shape index (κ1) is 28.5. The molecule has 0 saturated carbocycles. The van der Waals surface area contributed by atoms with Gasteiger partial charge in [-0.15, -0.1) is 0 Å². The predicted molar refractivity (Wildman–Crippen MR) is 159 cm³/mol. The van der Waals surface area contributed by atoms with Crippen LogP contribution < -0.4 is 9.64 Å². The van der Waals surface area contributed by atoms with Crippen molar-refractivity contribution in [1.29, 1.82) is 0 Å². The standard InChI is InChI=1S/C29H36F3N9OS/c1-17(2)38-7-5-20(6-8-38)39-12-28(13-39)14-40(15-28)27-18(3)35-26(43-27)24-21(10-29(30,31)32)23(36-37-24)19-9-22(42-4)25-33-16-34-41(25)11-19/h9,11,16-17,20H,5-8,10,12-15H2,1-4H3,(H,36,37). The van der Waals surface area contributed by atoms with Gasteiger partial charge in [-0.3, -0.25) is 10.00 Å². The number of aromatic nitrogens is 6. The van der Waals surface area contributed by atoms with Crippen LogP contribution in [0.15, 0.2) is 18.6 Å². The number of nitrogens with zero attached hydrogens (tertiary/aromatic N) is 8. The molecule has 7 rings (SSSR count). The molecule has 0 unspecified atom stereocenters. The number of likely N-dealkylation sites (tertiary alicyclic amines) is 2. The van der Waals surface area contributed by atoms with E-state index in [-0.39, 0.29) is 11.3 Å². The van der Waals surface area contributed by atoms with Crippen molar-refractivity contribution in [2.75, 3.05) is 51.3 Å². The summed E-state index contributed by atoms with van der Waals surface area (Å²) < 4.78 is 48.5. The van der Waals surface area contributed by atoms with Crippen molar-refractivity contribution in [1.82, 2.24) is 39.6 Å². The molecule has 0 radical (unpaired) electrons. The van der Waals surface area contributed by atoms with Crippen molar-refractivity contribution in [3.8, 4) is 27.7 Å². The zero-order valence-corrected chi connectivity index (χ0v) is 25.6. The van der Waals surface area contributed by atoms with E-state index in [0.717, 1.165) is 36.9 Å². The third-order valence-corrected chi connectivity index (χ3v) is 10.5. The van der Waals surface area contributed by atoms with Gasteiger partial charge in [-0.05, 0) is 52.8 Å². The molecular formula is C29H36F3N9OS. The molecule has 14 heteroatoms. The molecule has 4 aromatic heterocycles. The molecule has 0 bridgehead atoms. The third kappa shape index (κ3) is 5.16. The average Bonchev–Trinajstić information content (AvgIpc) is 3.64. The summed E-state index contributed by atoms with van der Waals surface area (Å²) in [5, 5.41) is 12.9. The maximum atomic E-state index is 13.9. The highest BCUT2D eigenvalue weighted by Crippen LogP contribution is 2.47. The van der Waals surface area contributed by atoms with Gasteiger partial charge in [0.05, 0.1) is 30.6 Å². The van der Waals surface area contributed by atoms with Crippen LogP contribution in [0.4, 0.5) is 18.2 Å². The van der Waals surface area contributed by atoms with E-state index in [1.54, 1.807) is 12.3 Å². The van der Waals surface area contributed by atoms with Gasteiger partial charge < -0.3 is 14.5 Å². The minimum Gasteiger partial charge on any atom is -0.493 e. The number of piperidine rings is 1. The number of nitrogens with one attached hydrogen (secondary N) is 1. The predicted octanol–water partition coefficient (Wildman–Crippen LogP) is 4.66. The summed E-state index contributed by atoms with van der Waals surface area (Å²) in [6.07, 6.45) is -0.125. The molecule has 3 aliphatic rings. The first-order chi connectivity index (χ1) is 20.5. The van der Waals surface area contributed by atoms with Crippen LogP contribution in [0.3, 0.4) is 0 Å². The van der Waals surface area contributed by atoms with Crippen LogP contribution in [0.25, 0.3) is 27.6 Å². The Bertz CT molecular complexity index is 1620. The van der Waals surface area contributed by atoms with Crippen LogP contribution in [-0.2, 0) is 6.42 Å². The number of ether oxygens (including phenoxy) is 1. The number of thiazole rings is 1. The van der Waals surface area contributed by atoms with E-state index >= 15 is 0 Å². The Kier molecular flexibility index (Phi) is 6.93. The quantitative estimate of drug-likeness (QED) is 0.321. The highest BCUT2D eigenvalue weighted by molar-refractivity contribution is 7.19. The van der Waals surface area contributed by atoms with Crippen molar-refractivity contribution in [2.45, 2.75) is 58.3 Å². The van der Waals surface area contributed by atoms with Crippen molar-refractivity contribution in [3.63, 3.8) is 0 Å². The fourth-order valence-electron chi connectivity index (χ4n) is 7.07. The molecule has 1 spiro atoms. The lowest BCUT2D eigenvalue weighted by Crippen LogP contribution is -2.74. The molecule has 4 aromatic rings. The molecule has 0 atom stereocenters. The summed E-state index contributed by atoms with van der Waals surface area (Å²) in [6.45, 7) is 13.0. The normalized spacial score (nSPS) is 19.9. The van der Waals surface area contributed by atoms with Crippen molar-refractivity contribution in [2.24, 2.45) is 5.41 Å². The van der Waals surface area contributed by atoms with Crippen LogP contribution in [0.2, 0.25) is 0 Å². The lowest BCUT2D eigenvalue weighted by atomic mass is 9.71. The Morgan fingerprint density at radius 1 is 1.16 bits per heavy atom. The number of H-pyrrole nitrogens is 1. The molecule has 3 aliphatic heterocycles.